The number of nitrogens with zero attached hydrogens (tertiary/aromatic N) is 1. The summed E-state index contributed by atoms with van der Waals surface area (Å²) < 4.78 is 0. The average molecular weight is 283 g/mol. The Morgan fingerprint density at radius 1 is 1.29 bits per heavy atom. The zero-order valence-corrected chi connectivity index (χ0v) is 12.8. The molecule has 1 aromatic carbocycles. The van der Waals surface area contributed by atoms with Gasteiger partial charge in [0.05, 0.1) is 5.70 Å². The lowest BCUT2D eigenvalue weighted by molar-refractivity contribution is 0.329. The molecule has 21 heavy (non-hydrogen) atoms. The van der Waals surface area contributed by atoms with Crippen molar-refractivity contribution in [3.05, 3.63) is 47.2 Å². The van der Waals surface area contributed by atoms with Gasteiger partial charge in [-0.05, 0) is 44.7 Å². The minimum absolute atomic E-state index is 0.474. The van der Waals surface area contributed by atoms with E-state index in [1.807, 2.05) is 0 Å². The maximum Gasteiger partial charge on any atom is 0.0527 e. The number of piperidine rings is 1. The van der Waals surface area contributed by atoms with Crippen LogP contribution in [0.2, 0.25) is 0 Å². The molecule has 0 saturated carbocycles. The largest absolute Gasteiger partial charge is 0.310 e. The van der Waals surface area contributed by atoms with Crippen LogP contribution < -0.4 is 10.6 Å². The van der Waals surface area contributed by atoms with Crippen LogP contribution >= 0.6 is 0 Å². The number of aliphatic imine (C=N–C) groups is 1. The Labute approximate surface area is 127 Å². The molecule has 1 aromatic rings. The lowest BCUT2D eigenvalue weighted by Crippen LogP contribution is -2.42. The molecule has 1 fully saturated rings. The molecule has 0 unspecified atom stereocenters. The van der Waals surface area contributed by atoms with Gasteiger partial charge in [0.15, 0.2) is 0 Å². The lowest BCUT2D eigenvalue weighted by atomic mass is 9.93. The van der Waals surface area contributed by atoms with E-state index in [1.54, 1.807) is 0 Å². The highest BCUT2D eigenvalue weighted by Crippen LogP contribution is 2.23. The second-order valence-corrected chi connectivity index (χ2v) is 6.10. The van der Waals surface area contributed by atoms with Crippen molar-refractivity contribution in [1.29, 1.82) is 0 Å². The second-order valence-electron chi connectivity index (χ2n) is 6.10. The first-order valence-corrected chi connectivity index (χ1v) is 8.06. The Hall–Kier alpha value is -1.45. The molecule has 0 spiro atoms. The van der Waals surface area contributed by atoms with Crippen LogP contribution in [0.4, 0.5) is 0 Å². The molecule has 0 aromatic heterocycles. The van der Waals surface area contributed by atoms with E-state index in [1.165, 1.54) is 29.7 Å². The van der Waals surface area contributed by atoms with Gasteiger partial charge in [-0.15, -0.1) is 0 Å². The standard InChI is InChI=1S/C18H25N3/c1-14-6-5-10-19-18(14)13-21-16-9-11-20-17(12-16)15-7-3-2-4-8-15/h2-4,7-8,10,16-17,20-21H,5-6,9,11-13H2,1H3/t16-,17+/m1/s1. The van der Waals surface area contributed by atoms with Crippen molar-refractivity contribution in [2.75, 3.05) is 13.1 Å². The van der Waals surface area contributed by atoms with Crippen molar-refractivity contribution >= 4 is 6.21 Å². The van der Waals surface area contributed by atoms with E-state index < -0.39 is 0 Å². The molecule has 2 aliphatic heterocycles. The summed E-state index contributed by atoms with van der Waals surface area (Å²) in [5, 5.41) is 7.34. The highest BCUT2D eigenvalue weighted by molar-refractivity contribution is 5.61. The summed E-state index contributed by atoms with van der Waals surface area (Å²) in [4.78, 5) is 4.55. The van der Waals surface area contributed by atoms with Crippen LogP contribution in [0.1, 0.15) is 44.2 Å². The summed E-state index contributed by atoms with van der Waals surface area (Å²) in [7, 11) is 0. The molecule has 0 aliphatic carbocycles. The zero-order chi connectivity index (χ0) is 14.5. The van der Waals surface area contributed by atoms with E-state index >= 15 is 0 Å². The monoisotopic (exact) mass is 283 g/mol. The van der Waals surface area contributed by atoms with Crippen molar-refractivity contribution in [2.24, 2.45) is 4.99 Å². The number of hydrogen-bond donors (Lipinski definition) is 2. The molecule has 1 saturated heterocycles. The first-order valence-electron chi connectivity index (χ1n) is 8.06. The van der Waals surface area contributed by atoms with E-state index in [2.05, 4.69) is 59.1 Å². The maximum atomic E-state index is 4.55. The predicted molar refractivity (Wildman–Crippen MR) is 88.6 cm³/mol. The van der Waals surface area contributed by atoms with E-state index in [9.17, 15) is 0 Å². The zero-order valence-electron chi connectivity index (χ0n) is 12.8. The van der Waals surface area contributed by atoms with Gasteiger partial charge in [-0.3, -0.25) is 4.99 Å². The molecule has 0 bridgehead atoms. The molecule has 2 heterocycles. The number of benzene rings is 1. The lowest BCUT2D eigenvalue weighted by Gasteiger charge is -2.31. The van der Waals surface area contributed by atoms with Gasteiger partial charge in [0, 0.05) is 24.8 Å². The Kier molecular flexibility index (Phi) is 4.84. The topological polar surface area (TPSA) is 36.4 Å². The third-order valence-electron chi connectivity index (χ3n) is 4.55. The van der Waals surface area contributed by atoms with Crippen LogP contribution in [0.15, 0.2) is 46.6 Å². The van der Waals surface area contributed by atoms with Crippen LogP contribution in [0.3, 0.4) is 0 Å². The molecular formula is C18H25N3. The molecule has 3 nitrogen and oxygen atoms in total. The van der Waals surface area contributed by atoms with Gasteiger partial charge in [0.25, 0.3) is 0 Å². The molecule has 0 radical (unpaired) electrons. The fourth-order valence-corrected chi connectivity index (χ4v) is 3.19. The van der Waals surface area contributed by atoms with E-state index in [0.717, 1.165) is 25.9 Å². The van der Waals surface area contributed by atoms with Crippen LogP contribution in [0, 0.1) is 0 Å². The third kappa shape index (κ3) is 3.80. The highest BCUT2D eigenvalue weighted by Gasteiger charge is 2.22. The fraction of sp³-hybridized carbons (Fsp3) is 0.500. The van der Waals surface area contributed by atoms with Crippen molar-refractivity contribution < 1.29 is 0 Å². The molecule has 2 N–H and O–H groups in total. The molecular weight excluding hydrogens is 258 g/mol. The summed E-state index contributed by atoms with van der Waals surface area (Å²) in [5.74, 6) is 0. The minimum atomic E-state index is 0.474. The van der Waals surface area contributed by atoms with E-state index in [0.29, 0.717) is 12.1 Å². The third-order valence-corrected chi connectivity index (χ3v) is 4.55. The number of rotatable bonds is 4. The number of nitrogens with one attached hydrogen (secondary N) is 2. The van der Waals surface area contributed by atoms with Crippen molar-refractivity contribution in [2.45, 2.75) is 44.7 Å². The molecule has 0 amide bonds. The van der Waals surface area contributed by atoms with Crippen LogP contribution in [0.5, 0.6) is 0 Å². The summed E-state index contributed by atoms with van der Waals surface area (Å²) in [5.41, 5.74) is 4.09. The van der Waals surface area contributed by atoms with Crippen LogP contribution in [0.25, 0.3) is 0 Å². The Morgan fingerprint density at radius 2 is 2.14 bits per heavy atom. The summed E-state index contributed by atoms with van der Waals surface area (Å²) >= 11 is 0. The normalized spacial score (nSPS) is 26.1. The maximum absolute atomic E-state index is 4.55. The van der Waals surface area contributed by atoms with Gasteiger partial charge in [0.2, 0.25) is 0 Å². The first-order chi connectivity index (χ1) is 10.3. The van der Waals surface area contributed by atoms with Gasteiger partial charge in [-0.2, -0.15) is 0 Å². The molecule has 3 heteroatoms. The van der Waals surface area contributed by atoms with Gasteiger partial charge in [-0.1, -0.05) is 35.9 Å². The first kappa shape index (κ1) is 14.5. The smallest absolute Gasteiger partial charge is 0.0527 e. The van der Waals surface area contributed by atoms with Crippen molar-refractivity contribution in [1.82, 2.24) is 10.6 Å². The summed E-state index contributed by atoms with van der Waals surface area (Å²) in [6.07, 6.45) is 6.66. The van der Waals surface area contributed by atoms with Gasteiger partial charge in [-0.25, -0.2) is 0 Å². The van der Waals surface area contributed by atoms with Crippen molar-refractivity contribution in [3.8, 4) is 0 Å². The quantitative estimate of drug-likeness (QED) is 0.890. The SMILES string of the molecule is CC1=C(CN[C@@H]2CCN[C@H](c3ccccc3)C2)N=CCC1. The van der Waals surface area contributed by atoms with Crippen LogP contribution in [-0.4, -0.2) is 25.3 Å². The molecule has 2 atom stereocenters. The van der Waals surface area contributed by atoms with Gasteiger partial charge < -0.3 is 10.6 Å². The Morgan fingerprint density at radius 3 is 2.95 bits per heavy atom. The second kappa shape index (κ2) is 7.01. The predicted octanol–water partition coefficient (Wildman–Crippen LogP) is 3.21. The van der Waals surface area contributed by atoms with E-state index in [4.69, 9.17) is 0 Å². The number of allylic oxidation sites excluding steroid dienone is 1. The molecule has 112 valence electrons. The summed E-state index contributed by atoms with van der Waals surface area (Å²) in [6, 6.07) is 11.8. The highest BCUT2D eigenvalue weighted by atomic mass is 15.0. The van der Waals surface area contributed by atoms with Gasteiger partial charge >= 0.3 is 0 Å². The van der Waals surface area contributed by atoms with E-state index in [-0.39, 0.29) is 0 Å². The fourth-order valence-electron chi connectivity index (χ4n) is 3.19. The molecule has 2 aliphatic rings. The van der Waals surface area contributed by atoms with Crippen LogP contribution in [-0.2, 0) is 0 Å². The average Bonchev–Trinajstić information content (AvgIpc) is 2.55. The Bertz CT molecular complexity index is 519. The Balaban J connectivity index is 1.56. The minimum Gasteiger partial charge on any atom is -0.310 e. The summed E-state index contributed by atoms with van der Waals surface area (Å²) in [6.45, 7) is 4.20. The van der Waals surface area contributed by atoms with Crippen molar-refractivity contribution in [3.63, 3.8) is 0 Å². The van der Waals surface area contributed by atoms with Gasteiger partial charge in [0.1, 0.15) is 0 Å². The molecule has 3 rings (SSSR count). The number of hydrogen-bond acceptors (Lipinski definition) is 3.